The largest absolute Gasteiger partial charge is 0.358 e. The second-order valence-corrected chi connectivity index (χ2v) is 4.63. The molecule has 1 aromatic carbocycles. The summed E-state index contributed by atoms with van der Waals surface area (Å²) in [6.45, 7) is 2.46. The Morgan fingerprint density at radius 1 is 1.47 bits per heavy atom. The first-order valence-corrected chi connectivity index (χ1v) is 5.89. The summed E-state index contributed by atoms with van der Waals surface area (Å²) in [6.07, 6.45) is 1.93. The Morgan fingerprint density at radius 2 is 2.29 bits per heavy atom. The zero-order chi connectivity index (χ0) is 12.0. The van der Waals surface area contributed by atoms with Crippen molar-refractivity contribution in [3.8, 4) is 0 Å². The Labute approximate surface area is 99.6 Å². The molecule has 1 amide bonds. The van der Waals surface area contributed by atoms with Crippen molar-refractivity contribution >= 4 is 23.1 Å². The molecule has 2 heterocycles. The van der Waals surface area contributed by atoms with E-state index in [1.165, 1.54) is 0 Å². The third kappa shape index (κ3) is 1.52. The van der Waals surface area contributed by atoms with E-state index in [1.54, 1.807) is 13.0 Å². The number of carbonyl (C=O) groups excluding carboxylic acids is 2. The van der Waals surface area contributed by atoms with E-state index < -0.39 is 0 Å². The first kappa shape index (κ1) is 10.3. The molecule has 1 aromatic rings. The number of Topliss-reactive ketones (excluding diaryl/α,β-unsaturated/α-hetero) is 1. The molecule has 17 heavy (non-hydrogen) atoms. The van der Waals surface area contributed by atoms with Crippen molar-refractivity contribution < 1.29 is 9.59 Å². The number of amides is 1. The number of fused-ring (bicyclic) bond motifs is 3. The van der Waals surface area contributed by atoms with E-state index in [2.05, 4.69) is 10.2 Å². The van der Waals surface area contributed by atoms with Gasteiger partial charge in [-0.25, -0.2) is 0 Å². The van der Waals surface area contributed by atoms with Gasteiger partial charge in [-0.05, 0) is 38.0 Å². The van der Waals surface area contributed by atoms with Gasteiger partial charge in [0.25, 0.3) is 0 Å². The third-order valence-corrected chi connectivity index (χ3v) is 3.53. The summed E-state index contributed by atoms with van der Waals surface area (Å²) in [6, 6.07) is 5.41. The first-order valence-electron chi connectivity index (χ1n) is 5.89. The molecule has 0 spiro atoms. The molecule has 0 aromatic heterocycles. The van der Waals surface area contributed by atoms with Gasteiger partial charge in [-0.1, -0.05) is 0 Å². The number of hydrogen-bond donors (Lipinski definition) is 1. The number of anilines is 2. The molecule has 2 aliphatic rings. The van der Waals surface area contributed by atoms with Crippen LogP contribution < -0.4 is 10.2 Å². The minimum absolute atomic E-state index is 0.0512. The highest BCUT2D eigenvalue weighted by Crippen LogP contribution is 2.37. The lowest BCUT2D eigenvalue weighted by molar-refractivity contribution is -0.117. The number of benzene rings is 1. The van der Waals surface area contributed by atoms with Crippen molar-refractivity contribution in [2.24, 2.45) is 0 Å². The maximum atomic E-state index is 11.8. The molecule has 4 heteroatoms. The van der Waals surface area contributed by atoms with Crippen molar-refractivity contribution in [2.75, 3.05) is 16.8 Å². The van der Waals surface area contributed by atoms with E-state index in [-0.39, 0.29) is 17.7 Å². The maximum Gasteiger partial charge on any atom is 0.247 e. The fraction of sp³-hybridized carbons (Fsp3) is 0.385. The van der Waals surface area contributed by atoms with Gasteiger partial charge in [0, 0.05) is 12.1 Å². The second-order valence-electron chi connectivity index (χ2n) is 4.63. The Kier molecular flexibility index (Phi) is 2.18. The van der Waals surface area contributed by atoms with Gasteiger partial charge in [0.2, 0.25) is 5.91 Å². The molecule has 0 aliphatic carbocycles. The van der Waals surface area contributed by atoms with E-state index in [0.29, 0.717) is 5.56 Å². The number of nitrogens with zero attached hydrogens (tertiary/aromatic N) is 1. The zero-order valence-corrected chi connectivity index (χ0v) is 9.69. The number of hydrogen-bond acceptors (Lipinski definition) is 3. The summed E-state index contributed by atoms with van der Waals surface area (Å²) in [5, 5.41) is 2.91. The summed E-state index contributed by atoms with van der Waals surface area (Å²) in [4.78, 5) is 25.3. The predicted octanol–water partition coefficient (Wildman–Crippen LogP) is 1.81. The van der Waals surface area contributed by atoms with Crippen LogP contribution in [-0.2, 0) is 4.79 Å². The van der Waals surface area contributed by atoms with Gasteiger partial charge in [0.15, 0.2) is 5.78 Å². The molecule has 1 saturated heterocycles. The quantitative estimate of drug-likeness (QED) is 0.748. The topological polar surface area (TPSA) is 49.4 Å². The van der Waals surface area contributed by atoms with E-state index in [0.717, 1.165) is 30.8 Å². The van der Waals surface area contributed by atoms with E-state index >= 15 is 0 Å². The fourth-order valence-electron chi connectivity index (χ4n) is 2.64. The number of nitrogens with one attached hydrogen (secondary N) is 1. The van der Waals surface area contributed by atoms with Crippen LogP contribution in [0.1, 0.15) is 30.1 Å². The molecule has 88 valence electrons. The Balaban J connectivity index is 2.09. The average Bonchev–Trinajstić information content (AvgIpc) is 2.78. The lowest BCUT2D eigenvalue weighted by Crippen LogP contribution is -2.43. The van der Waals surface area contributed by atoms with Crippen molar-refractivity contribution in [1.82, 2.24) is 0 Å². The van der Waals surface area contributed by atoms with Crippen LogP contribution in [0.3, 0.4) is 0 Å². The van der Waals surface area contributed by atoms with Crippen LogP contribution in [0.2, 0.25) is 0 Å². The van der Waals surface area contributed by atoms with Crippen molar-refractivity contribution in [1.29, 1.82) is 0 Å². The lowest BCUT2D eigenvalue weighted by Gasteiger charge is -2.33. The SMILES string of the molecule is CC(=O)c1ccc2c(c1)N1CCC[C@H]1C(=O)N2. The number of rotatable bonds is 1. The van der Waals surface area contributed by atoms with Gasteiger partial charge >= 0.3 is 0 Å². The molecule has 0 unspecified atom stereocenters. The van der Waals surface area contributed by atoms with Gasteiger partial charge < -0.3 is 10.2 Å². The smallest absolute Gasteiger partial charge is 0.247 e. The number of carbonyl (C=O) groups is 2. The maximum absolute atomic E-state index is 11.8. The first-order chi connectivity index (χ1) is 8.16. The van der Waals surface area contributed by atoms with Crippen LogP contribution in [-0.4, -0.2) is 24.3 Å². The molecule has 4 nitrogen and oxygen atoms in total. The summed E-state index contributed by atoms with van der Waals surface area (Å²) in [5.74, 6) is 0.131. The van der Waals surface area contributed by atoms with Gasteiger partial charge in [-0.2, -0.15) is 0 Å². The van der Waals surface area contributed by atoms with E-state index in [9.17, 15) is 9.59 Å². The molecular formula is C13H14N2O2. The van der Waals surface area contributed by atoms with Crippen molar-refractivity contribution in [3.63, 3.8) is 0 Å². The Bertz CT molecular complexity index is 510. The summed E-state index contributed by atoms with van der Waals surface area (Å²) < 4.78 is 0. The zero-order valence-electron chi connectivity index (χ0n) is 9.69. The van der Waals surface area contributed by atoms with Crippen molar-refractivity contribution in [2.45, 2.75) is 25.8 Å². The van der Waals surface area contributed by atoms with Crippen LogP contribution in [0.5, 0.6) is 0 Å². The van der Waals surface area contributed by atoms with Crippen LogP contribution in [0.15, 0.2) is 18.2 Å². The highest BCUT2D eigenvalue weighted by Gasteiger charge is 2.36. The molecular weight excluding hydrogens is 216 g/mol. The van der Waals surface area contributed by atoms with Crippen molar-refractivity contribution in [3.05, 3.63) is 23.8 Å². The standard InChI is InChI=1S/C13H14N2O2/c1-8(16)9-4-5-10-12(7-9)15-6-2-3-11(15)13(17)14-10/h4-5,7,11H,2-3,6H2,1H3,(H,14,17)/t11-/m0/s1. The molecule has 0 bridgehead atoms. The second kappa shape index (κ2) is 3.58. The van der Waals surface area contributed by atoms with Crippen LogP contribution in [0.4, 0.5) is 11.4 Å². The monoisotopic (exact) mass is 230 g/mol. The van der Waals surface area contributed by atoms with Crippen LogP contribution in [0.25, 0.3) is 0 Å². The summed E-state index contributed by atoms with van der Waals surface area (Å²) >= 11 is 0. The third-order valence-electron chi connectivity index (χ3n) is 3.53. The minimum Gasteiger partial charge on any atom is -0.358 e. The molecule has 2 aliphatic heterocycles. The Morgan fingerprint density at radius 3 is 3.06 bits per heavy atom. The van der Waals surface area contributed by atoms with E-state index in [4.69, 9.17) is 0 Å². The van der Waals surface area contributed by atoms with E-state index in [1.807, 2.05) is 12.1 Å². The summed E-state index contributed by atoms with van der Waals surface area (Å²) in [7, 11) is 0. The highest BCUT2D eigenvalue weighted by atomic mass is 16.2. The molecule has 0 saturated carbocycles. The fourth-order valence-corrected chi connectivity index (χ4v) is 2.64. The van der Waals surface area contributed by atoms with Gasteiger partial charge in [-0.15, -0.1) is 0 Å². The lowest BCUT2D eigenvalue weighted by atomic mass is 10.1. The normalized spacial score (nSPS) is 21.8. The molecule has 3 rings (SSSR count). The van der Waals surface area contributed by atoms with Gasteiger partial charge in [0.05, 0.1) is 11.4 Å². The molecule has 1 fully saturated rings. The number of ketones is 1. The predicted molar refractivity (Wildman–Crippen MR) is 65.4 cm³/mol. The molecule has 1 atom stereocenters. The summed E-state index contributed by atoms with van der Waals surface area (Å²) in [5.41, 5.74) is 2.50. The minimum atomic E-state index is -0.0512. The average molecular weight is 230 g/mol. The Hall–Kier alpha value is -1.84. The van der Waals surface area contributed by atoms with Gasteiger partial charge in [0.1, 0.15) is 6.04 Å². The van der Waals surface area contributed by atoms with Gasteiger partial charge in [-0.3, -0.25) is 9.59 Å². The van der Waals surface area contributed by atoms with Crippen LogP contribution >= 0.6 is 0 Å². The van der Waals surface area contributed by atoms with Crippen LogP contribution in [0, 0.1) is 0 Å². The molecule has 0 radical (unpaired) electrons. The highest BCUT2D eigenvalue weighted by molar-refractivity contribution is 6.05. The molecule has 1 N–H and O–H groups in total.